The SMILES string of the molecule is CCn1ccc(CNCC2(SC)CC2)c1. The van der Waals surface area contributed by atoms with Gasteiger partial charge in [0, 0.05) is 36.8 Å². The monoisotopic (exact) mass is 224 g/mol. The maximum Gasteiger partial charge on any atom is 0.0282 e. The lowest BCUT2D eigenvalue weighted by Gasteiger charge is -2.12. The average Bonchev–Trinajstić information content (AvgIpc) is 2.89. The fourth-order valence-electron chi connectivity index (χ4n) is 1.82. The molecule has 1 aromatic heterocycles. The molecule has 0 spiro atoms. The smallest absolute Gasteiger partial charge is 0.0282 e. The molecule has 0 unspecified atom stereocenters. The van der Waals surface area contributed by atoms with Gasteiger partial charge in [-0.25, -0.2) is 0 Å². The summed E-state index contributed by atoms with van der Waals surface area (Å²) >= 11 is 2.02. The normalized spacial score (nSPS) is 18.0. The number of nitrogens with zero attached hydrogens (tertiary/aromatic N) is 1. The Labute approximate surface area is 96.4 Å². The van der Waals surface area contributed by atoms with Crippen LogP contribution in [0.15, 0.2) is 18.5 Å². The van der Waals surface area contributed by atoms with E-state index in [1.165, 1.54) is 18.4 Å². The predicted molar refractivity (Wildman–Crippen MR) is 67.3 cm³/mol. The van der Waals surface area contributed by atoms with Crippen LogP contribution in [-0.2, 0) is 13.1 Å². The Morgan fingerprint density at radius 1 is 1.53 bits per heavy atom. The zero-order chi connectivity index (χ0) is 10.7. The van der Waals surface area contributed by atoms with E-state index in [-0.39, 0.29) is 0 Å². The molecule has 0 bridgehead atoms. The van der Waals surface area contributed by atoms with Gasteiger partial charge in [0.15, 0.2) is 0 Å². The second-order valence-electron chi connectivity index (χ2n) is 4.34. The third kappa shape index (κ3) is 2.79. The number of hydrogen-bond acceptors (Lipinski definition) is 2. The van der Waals surface area contributed by atoms with E-state index in [9.17, 15) is 0 Å². The molecule has 2 rings (SSSR count). The van der Waals surface area contributed by atoms with Crippen LogP contribution in [0.5, 0.6) is 0 Å². The third-order valence-corrected chi connectivity index (χ3v) is 4.61. The lowest BCUT2D eigenvalue weighted by molar-refractivity contribution is 0.660. The van der Waals surface area contributed by atoms with E-state index in [1.54, 1.807) is 0 Å². The lowest BCUT2D eigenvalue weighted by Crippen LogP contribution is -2.25. The summed E-state index contributed by atoms with van der Waals surface area (Å²) in [6.45, 7) is 5.40. The Balaban J connectivity index is 1.73. The van der Waals surface area contributed by atoms with E-state index >= 15 is 0 Å². The minimum atomic E-state index is 0.577. The Morgan fingerprint density at radius 2 is 2.33 bits per heavy atom. The van der Waals surface area contributed by atoms with Crippen molar-refractivity contribution < 1.29 is 0 Å². The van der Waals surface area contributed by atoms with E-state index < -0.39 is 0 Å². The summed E-state index contributed by atoms with van der Waals surface area (Å²) in [7, 11) is 0. The van der Waals surface area contributed by atoms with Crippen molar-refractivity contribution in [1.29, 1.82) is 0 Å². The number of thioether (sulfide) groups is 1. The molecular weight excluding hydrogens is 204 g/mol. The van der Waals surface area contributed by atoms with Crippen LogP contribution in [0.25, 0.3) is 0 Å². The second kappa shape index (κ2) is 4.62. The molecule has 84 valence electrons. The lowest BCUT2D eigenvalue weighted by atomic mass is 10.3. The third-order valence-electron chi connectivity index (χ3n) is 3.19. The molecule has 1 saturated carbocycles. The molecule has 1 fully saturated rings. The van der Waals surface area contributed by atoms with Gasteiger partial charge in [0.05, 0.1) is 0 Å². The first-order chi connectivity index (χ1) is 7.28. The summed E-state index contributed by atoms with van der Waals surface area (Å²) in [4.78, 5) is 0. The zero-order valence-corrected chi connectivity index (χ0v) is 10.4. The van der Waals surface area contributed by atoms with Gasteiger partial charge in [0.2, 0.25) is 0 Å². The van der Waals surface area contributed by atoms with E-state index in [2.05, 4.69) is 41.5 Å². The topological polar surface area (TPSA) is 17.0 Å². The molecule has 0 amide bonds. The molecule has 0 atom stereocenters. The van der Waals surface area contributed by atoms with Gasteiger partial charge in [0.1, 0.15) is 0 Å². The Bertz CT molecular complexity index is 315. The van der Waals surface area contributed by atoms with Crippen molar-refractivity contribution in [3.63, 3.8) is 0 Å². The van der Waals surface area contributed by atoms with Crippen molar-refractivity contribution in [3.05, 3.63) is 24.0 Å². The first-order valence-electron chi connectivity index (χ1n) is 5.68. The van der Waals surface area contributed by atoms with Gasteiger partial charge in [-0.1, -0.05) is 0 Å². The molecule has 1 aliphatic rings. The van der Waals surface area contributed by atoms with Crippen LogP contribution in [0.4, 0.5) is 0 Å². The summed E-state index contributed by atoms with van der Waals surface area (Å²) in [6.07, 6.45) is 9.38. The minimum absolute atomic E-state index is 0.577. The van der Waals surface area contributed by atoms with Crippen molar-refractivity contribution in [2.24, 2.45) is 0 Å². The van der Waals surface area contributed by atoms with Crippen molar-refractivity contribution in [2.75, 3.05) is 12.8 Å². The van der Waals surface area contributed by atoms with E-state index in [0.29, 0.717) is 4.75 Å². The summed E-state index contributed by atoms with van der Waals surface area (Å²) in [5.41, 5.74) is 1.40. The molecule has 0 aliphatic heterocycles. The van der Waals surface area contributed by atoms with Gasteiger partial charge < -0.3 is 9.88 Å². The highest BCUT2D eigenvalue weighted by Crippen LogP contribution is 2.46. The largest absolute Gasteiger partial charge is 0.354 e. The number of hydrogen-bond donors (Lipinski definition) is 1. The van der Waals surface area contributed by atoms with Crippen LogP contribution in [0.2, 0.25) is 0 Å². The summed E-state index contributed by atoms with van der Waals surface area (Å²) in [5, 5.41) is 3.56. The van der Waals surface area contributed by atoms with E-state index in [0.717, 1.165) is 19.6 Å². The van der Waals surface area contributed by atoms with Crippen LogP contribution in [0, 0.1) is 0 Å². The van der Waals surface area contributed by atoms with Gasteiger partial charge in [-0.05, 0) is 37.7 Å². The number of aryl methyl sites for hydroxylation is 1. The number of nitrogens with one attached hydrogen (secondary N) is 1. The van der Waals surface area contributed by atoms with Crippen molar-refractivity contribution in [1.82, 2.24) is 9.88 Å². The average molecular weight is 224 g/mol. The Morgan fingerprint density at radius 3 is 2.87 bits per heavy atom. The molecule has 0 radical (unpaired) electrons. The highest BCUT2D eigenvalue weighted by Gasteiger charge is 2.41. The highest BCUT2D eigenvalue weighted by atomic mass is 32.2. The molecular formula is C12H20N2S. The maximum absolute atomic E-state index is 3.56. The summed E-state index contributed by atoms with van der Waals surface area (Å²) < 4.78 is 2.80. The van der Waals surface area contributed by atoms with Crippen LogP contribution < -0.4 is 5.32 Å². The molecule has 1 N–H and O–H groups in total. The minimum Gasteiger partial charge on any atom is -0.354 e. The number of rotatable bonds is 6. The first kappa shape index (κ1) is 11.1. The van der Waals surface area contributed by atoms with E-state index in [1.807, 2.05) is 11.8 Å². The van der Waals surface area contributed by atoms with Gasteiger partial charge in [-0.15, -0.1) is 0 Å². The fourth-order valence-corrected chi connectivity index (χ4v) is 2.58. The molecule has 1 aromatic rings. The molecule has 2 nitrogen and oxygen atoms in total. The molecule has 1 aliphatic carbocycles. The van der Waals surface area contributed by atoms with Crippen LogP contribution in [0.1, 0.15) is 25.3 Å². The van der Waals surface area contributed by atoms with Crippen LogP contribution in [0.3, 0.4) is 0 Å². The second-order valence-corrected chi connectivity index (χ2v) is 5.62. The fraction of sp³-hybridized carbons (Fsp3) is 0.667. The van der Waals surface area contributed by atoms with Crippen molar-refractivity contribution in [2.45, 2.75) is 37.6 Å². The number of aromatic nitrogens is 1. The molecule has 15 heavy (non-hydrogen) atoms. The van der Waals surface area contributed by atoms with Gasteiger partial charge in [-0.3, -0.25) is 0 Å². The quantitative estimate of drug-likeness (QED) is 0.799. The van der Waals surface area contributed by atoms with Gasteiger partial charge in [0.25, 0.3) is 0 Å². The summed E-state index contributed by atoms with van der Waals surface area (Å²) in [5.74, 6) is 0. The van der Waals surface area contributed by atoms with E-state index in [4.69, 9.17) is 0 Å². The Kier molecular flexibility index (Phi) is 3.42. The zero-order valence-electron chi connectivity index (χ0n) is 9.62. The Hall–Kier alpha value is -0.410. The highest BCUT2D eigenvalue weighted by molar-refractivity contribution is 8.00. The standard InChI is InChI=1S/C12H20N2S/c1-3-14-7-4-11(9-14)8-13-10-12(15-2)5-6-12/h4,7,9,13H,3,5-6,8,10H2,1-2H3. The molecule has 0 aromatic carbocycles. The first-order valence-corrected chi connectivity index (χ1v) is 6.91. The van der Waals surface area contributed by atoms with Crippen molar-refractivity contribution >= 4 is 11.8 Å². The maximum atomic E-state index is 3.56. The predicted octanol–water partition coefficient (Wildman–Crippen LogP) is 2.49. The van der Waals surface area contributed by atoms with Gasteiger partial charge >= 0.3 is 0 Å². The molecule has 1 heterocycles. The van der Waals surface area contributed by atoms with Crippen molar-refractivity contribution in [3.8, 4) is 0 Å². The molecule has 3 heteroatoms. The van der Waals surface area contributed by atoms with Gasteiger partial charge in [-0.2, -0.15) is 11.8 Å². The molecule has 0 saturated heterocycles. The van der Waals surface area contributed by atoms with Crippen LogP contribution in [-0.4, -0.2) is 22.1 Å². The summed E-state index contributed by atoms with van der Waals surface area (Å²) in [6, 6.07) is 2.20. The van der Waals surface area contributed by atoms with Crippen LogP contribution >= 0.6 is 11.8 Å².